The highest BCUT2D eigenvalue weighted by atomic mass is 16.5. The van der Waals surface area contributed by atoms with E-state index >= 15 is 0 Å². The van der Waals surface area contributed by atoms with Crippen LogP contribution < -0.4 is 0 Å². The Kier molecular flexibility index (Phi) is 5.41. The Hall–Kier alpha value is -0.860. The van der Waals surface area contributed by atoms with Gasteiger partial charge in [0, 0.05) is 5.92 Å². The summed E-state index contributed by atoms with van der Waals surface area (Å²) in [6.07, 6.45) is 3.20. The summed E-state index contributed by atoms with van der Waals surface area (Å²) in [5, 5.41) is 0. The van der Waals surface area contributed by atoms with Crippen molar-refractivity contribution in [2.24, 2.45) is 11.8 Å². The fourth-order valence-corrected chi connectivity index (χ4v) is 2.64. The molecule has 1 aliphatic heterocycles. The monoisotopic (exact) mass is 262 g/mol. The predicted octanol–water partition coefficient (Wildman–Crippen LogP) is 4.04. The lowest BCUT2D eigenvalue weighted by atomic mass is 10.0. The van der Waals surface area contributed by atoms with E-state index < -0.39 is 0 Å². The Bertz CT molecular complexity index is 361. The summed E-state index contributed by atoms with van der Waals surface area (Å²) in [5.41, 5.74) is 1.24. The van der Waals surface area contributed by atoms with Crippen LogP contribution in [-0.2, 0) is 16.1 Å². The second-order valence-corrected chi connectivity index (χ2v) is 6.01. The summed E-state index contributed by atoms with van der Waals surface area (Å²) in [6, 6.07) is 10.3. The van der Waals surface area contributed by atoms with Crippen molar-refractivity contribution >= 4 is 0 Å². The number of rotatable bonds is 6. The molecule has 0 unspecified atom stereocenters. The molecular formula is C17H26O2. The van der Waals surface area contributed by atoms with Crippen molar-refractivity contribution in [2.45, 2.75) is 52.4 Å². The highest BCUT2D eigenvalue weighted by molar-refractivity contribution is 5.13. The molecule has 2 rings (SSSR count). The van der Waals surface area contributed by atoms with Gasteiger partial charge in [-0.1, -0.05) is 51.1 Å². The van der Waals surface area contributed by atoms with Crippen molar-refractivity contribution in [3.63, 3.8) is 0 Å². The highest BCUT2D eigenvalue weighted by Crippen LogP contribution is 2.29. The lowest BCUT2D eigenvalue weighted by molar-refractivity contribution is -0.0318. The molecule has 1 heterocycles. The zero-order valence-electron chi connectivity index (χ0n) is 12.3. The van der Waals surface area contributed by atoms with Gasteiger partial charge in [-0.05, 0) is 24.3 Å². The van der Waals surface area contributed by atoms with Crippen LogP contribution in [-0.4, -0.2) is 18.8 Å². The van der Waals surface area contributed by atoms with E-state index in [0.717, 1.165) is 6.61 Å². The second kappa shape index (κ2) is 7.06. The largest absolute Gasteiger partial charge is 0.376 e. The van der Waals surface area contributed by atoms with Crippen LogP contribution in [0.15, 0.2) is 30.3 Å². The summed E-state index contributed by atoms with van der Waals surface area (Å²) in [4.78, 5) is 0. The van der Waals surface area contributed by atoms with E-state index in [0.29, 0.717) is 30.7 Å². The molecule has 1 aromatic rings. The van der Waals surface area contributed by atoms with E-state index in [1.165, 1.54) is 18.4 Å². The molecule has 0 aliphatic carbocycles. The molecule has 0 bridgehead atoms. The summed E-state index contributed by atoms with van der Waals surface area (Å²) < 4.78 is 11.9. The van der Waals surface area contributed by atoms with Crippen LogP contribution in [0.25, 0.3) is 0 Å². The molecule has 2 nitrogen and oxygen atoms in total. The van der Waals surface area contributed by atoms with E-state index in [2.05, 4.69) is 45.0 Å². The fourth-order valence-electron chi connectivity index (χ4n) is 2.64. The number of benzene rings is 1. The quantitative estimate of drug-likeness (QED) is 0.770. The third kappa shape index (κ3) is 4.32. The van der Waals surface area contributed by atoms with Crippen molar-refractivity contribution in [3.05, 3.63) is 35.9 Å². The van der Waals surface area contributed by atoms with Crippen LogP contribution in [0.5, 0.6) is 0 Å². The van der Waals surface area contributed by atoms with Gasteiger partial charge in [-0.3, -0.25) is 0 Å². The molecule has 106 valence electrons. The van der Waals surface area contributed by atoms with E-state index in [9.17, 15) is 0 Å². The molecule has 1 fully saturated rings. The average molecular weight is 262 g/mol. The van der Waals surface area contributed by atoms with Crippen LogP contribution in [0, 0.1) is 11.8 Å². The maximum atomic E-state index is 6.11. The van der Waals surface area contributed by atoms with Crippen molar-refractivity contribution in [1.29, 1.82) is 0 Å². The van der Waals surface area contributed by atoms with E-state index in [1.807, 2.05) is 6.07 Å². The first-order valence-corrected chi connectivity index (χ1v) is 7.44. The first-order valence-electron chi connectivity index (χ1n) is 7.44. The Morgan fingerprint density at radius 2 is 1.79 bits per heavy atom. The molecular weight excluding hydrogens is 236 g/mol. The molecule has 0 N–H and O–H groups in total. The summed E-state index contributed by atoms with van der Waals surface area (Å²) in [6.45, 7) is 8.20. The third-order valence-corrected chi connectivity index (χ3v) is 3.96. The average Bonchev–Trinajstić information content (AvgIpc) is 2.89. The molecule has 1 aromatic carbocycles. The number of ether oxygens (including phenoxy) is 2. The zero-order chi connectivity index (χ0) is 13.7. The Morgan fingerprint density at radius 3 is 2.42 bits per heavy atom. The summed E-state index contributed by atoms with van der Waals surface area (Å²) in [5.74, 6) is 1.11. The maximum Gasteiger partial charge on any atom is 0.0717 e. The minimum atomic E-state index is 0.378. The normalized spacial score (nSPS) is 24.8. The fraction of sp³-hybridized carbons (Fsp3) is 0.647. The minimum absolute atomic E-state index is 0.378. The van der Waals surface area contributed by atoms with Crippen LogP contribution >= 0.6 is 0 Å². The molecule has 0 radical (unpaired) electrons. The first-order chi connectivity index (χ1) is 9.16. The van der Waals surface area contributed by atoms with Crippen molar-refractivity contribution in [1.82, 2.24) is 0 Å². The van der Waals surface area contributed by atoms with Crippen molar-refractivity contribution in [3.8, 4) is 0 Å². The molecule has 0 amide bonds. The molecule has 1 aliphatic rings. The predicted molar refractivity (Wildman–Crippen MR) is 78.0 cm³/mol. The molecule has 1 saturated heterocycles. The lowest BCUT2D eigenvalue weighted by Crippen LogP contribution is -2.24. The van der Waals surface area contributed by atoms with E-state index in [1.54, 1.807) is 0 Å². The van der Waals surface area contributed by atoms with Gasteiger partial charge >= 0.3 is 0 Å². The highest BCUT2D eigenvalue weighted by Gasteiger charge is 2.30. The van der Waals surface area contributed by atoms with Gasteiger partial charge in [0.05, 0.1) is 25.4 Å². The van der Waals surface area contributed by atoms with Crippen LogP contribution in [0.4, 0.5) is 0 Å². The van der Waals surface area contributed by atoms with Gasteiger partial charge in [0.2, 0.25) is 0 Å². The zero-order valence-corrected chi connectivity index (χ0v) is 12.3. The first kappa shape index (κ1) is 14.5. The maximum absolute atomic E-state index is 6.11. The van der Waals surface area contributed by atoms with Crippen LogP contribution in [0.2, 0.25) is 0 Å². The van der Waals surface area contributed by atoms with Gasteiger partial charge in [-0.15, -0.1) is 0 Å². The summed E-state index contributed by atoms with van der Waals surface area (Å²) in [7, 11) is 0. The van der Waals surface area contributed by atoms with Crippen molar-refractivity contribution in [2.75, 3.05) is 6.61 Å². The Morgan fingerprint density at radius 1 is 1.11 bits per heavy atom. The van der Waals surface area contributed by atoms with Crippen LogP contribution in [0.3, 0.4) is 0 Å². The van der Waals surface area contributed by atoms with Gasteiger partial charge in [-0.2, -0.15) is 0 Å². The smallest absolute Gasteiger partial charge is 0.0717 e. The van der Waals surface area contributed by atoms with Gasteiger partial charge in [-0.25, -0.2) is 0 Å². The molecule has 0 aromatic heterocycles. The lowest BCUT2D eigenvalue weighted by Gasteiger charge is -2.21. The number of hydrogen-bond acceptors (Lipinski definition) is 2. The van der Waals surface area contributed by atoms with Crippen LogP contribution in [0.1, 0.15) is 39.2 Å². The summed E-state index contributed by atoms with van der Waals surface area (Å²) >= 11 is 0. The topological polar surface area (TPSA) is 18.5 Å². The number of hydrogen-bond donors (Lipinski definition) is 0. The molecule has 0 saturated carbocycles. The van der Waals surface area contributed by atoms with Gasteiger partial charge in [0.1, 0.15) is 0 Å². The van der Waals surface area contributed by atoms with E-state index in [-0.39, 0.29) is 0 Å². The third-order valence-electron chi connectivity index (χ3n) is 3.96. The molecule has 2 heteroatoms. The standard InChI is InChI=1S/C17H26O2/c1-13(2)16-9-10-17(19-16)14(3)11-18-12-15-7-5-4-6-8-15/h4-8,13-14,16-17H,9-12H2,1-3H3/t14-,16+,17-/m0/s1. The minimum Gasteiger partial charge on any atom is -0.376 e. The van der Waals surface area contributed by atoms with E-state index in [4.69, 9.17) is 9.47 Å². The molecule has 0 spiro atoms. The molecule has 3 atom stereocenters. The Balaban J connectivity index is 1.69. The SMILES string of the molecule is CC(C)[C@H]1CC[C@@H]([C@@H](C)COCc2ccccc2)O1. The van der Waals surface area contributed by atoms with Gasteiger partial charge < -0.3 is 9.47 Å². The van der Waals surface area contributed by atoms with Gasteiger partial charge in [0.25, 0.3) is 0 Å². The second-order valence-electron chi connectivity index (χ2n) is 6.01. The van der Waals surface area contributed by atoms with Gasteiger partial charge in [0.15, 0.2) is 0 Å². The molecule has 19 heavy (non-hydrogen) atoms. The van der Waals surface area contributed by atoms with Crippen molar-refractivity contribution < 1.29 is 9.47 Å². The Labute approximate surface area is 117 Å².